The third kappa shape index (κ3) is 3.07. The Hall–Kier alpha value is -4.41. The van der Waals surface area contributed by atoms with Gasteiger partial charge in [0.25, 0.3) is 35.4 Å². The Morgan fingerprint density at radius 2 is 1.07 bits per heavy atom. The highest BCUT2D eigenvalue weighted by Gasteiger charge is 2.35. The number of rotatable bonds is 4. The molecule has 0 unspecified atom stereocenters. The molecule has 3 aliphatic rings. The van der Waals surface area contributed by atoms with Crippen LogP contribution in [0.1, 0.15) is 23.2 Å². The van der Waals surface area contributed by atoms with Crippen LogP contribution in [-0.4, -0.2) is 46.5 Å². The number of hydrogen-bond donors (Lipinski definition) is 0. The number of imide groups is 3. The lowest BCUT2D eigenvalue weighted by molar-refractivity contribution is -0.172. The number of hydroxylamine groups is 2. The molecule has 0 atom stereocenters. The molecule has 0 spiro atoms. The number of carbonyl (C=O) groups excluding carboxylic acids is 7. The minimum atomic E-state index is -1.15. The maximum absolute atomic E-state index is 12.6. The molecule has 1 aromatic carbocycles. The van der Waals surface area contributed by atoms with Crippen LogP contribution in [0.4, 0.5) is 11.4 Å². The first kappa shape index (κ1) is 18.9. The van der Waals surface area contributed by atoms with Crippen molar-refractivity contribution in [2.75, 3.05) is 9.80 Å². The van der Waals surface area contributed by atoms with Gasteiger partial charge in [0.05, 0.1) is 16.9 Å². The van der Waals surface area contributed by atoms with E-state index in [1.54, 1.807) is 0 Å². The van der Waals surface area contributed by atoms with Crippen molar-refractivity contribution in [3.63, 3.8) is 0 Å². The average Bonchev–Trinajstić information content (AvgIpc) is 3.33. The van der Waals surface area contributed by atoms with Gasteiger partial charge in [0.1, 0.15) is 0 Å². The summed E-state index contributed by atoms with van der Waals surface area (Å²) in [7, 11) is 0. The minimum absolute atomic E-state index is 0.106. The molecule has 150 valence electrons. The fourth-order valence-electron chi connectivity index (χ4n) is 3.07. The molecule has 1 saturated heterocycles. The van der Waals surface area contributed by atoms with Crippen molar-refractivity contribution in [1.82, 2.24) is 5.06 Å². The monoisotopic (exact) mass is 409 g/mol. The molecule has 30 heavy (non-hydrogen) atoms. The highest BCUT2D eigenvalue weighted by molar-refractivity contribution is 6.30. The van der Waals surface area contributed by atoms with Crippen LogP contribution in [0.5, 0.6) is 0 Å². The first-order chi connectivity index (χ1) is 14.3. The molecule has 1 fully saturated rings. The summed E-state index contributed by atoms with van der Waals surface area (Å²) < 4.78 is 0. The van der Waals surface area contributed by atoms with Crippen LogP contribution in [0.3, 0.4) is 0 Å². The number of nitrogens with zero attached hydrogens (tertiary/aromatic N) is 3. The molecule has 0 saturated carbocycles. The van der Waals surface area contributed by atoms with E-state index < -0.39 is 41.4 Å². The van der Waals surface area contributed by atoms with Crippen molar-refractivity contribution in [2.24, 2.45) is 0 Å². The van der Waals surface area contributed by atoms with Gasteiger partial charge in [-0.05, 0) is 18.2 Å². The number of benzene rings is 1. The number of anilines is 2. The van der Waals surface area contributed by atoms with Gasteiger partial charge in [0, 0.05) is 37.1 Å². The van der Waals surface area contributed by atoms with Crippen LogP contribution in [0.2, 0.25) is 0 Å². The van der Waals surface area contributed by atoms with Gasteiger partial charge in [-0.2, -0.15) is 0 Å². The molecule has 0 aliphatic carbocycles. The maximum Gasteiger partial charge on any atom is 0.364 e. The molecule has 0 radical (unpaired) electrons. The highest BCUT2D eigenvalue weighted by atomic mass is 16.7. The Bertz CT molecular complexity index is 1020. The minimum Gasteiger partial charge on any atom is -0.325 e. The molecule has 0 aromatic heterocycles. The normalized spacial score (nSPS) is 18.5. The summed E-state index contributed by atoms with van der Waals surface area (Å²) >= 11 is 0. The predicted octanol–water partition coefficient (Wildman–Crippen LogP) is -0.234. The third-order valence-electron chi connectivity index (χ3n) is 4.45. The molecule has 0 bridgehead atoms. The van der Waals surface area contributed by atoms with E-state index in [1.807, 2.05) is 0 Å². The second kappa shape index (κ2) is 6.88. The summed E-state index contributed by atoms with van der Waals surface area (Å²) in [6.45, 7) is 0. The molecule has 6 amide bonds. The van der Waals surface area contributed by atoms with Gasteiger partial charge in [0.2, 0.25) is 0 Å². The first-order valence-electron chi connectivity index (χ1n) is 8.61. The molecule has 3 aliphatic heterocycles. The largest absolute Gasteiger partial charge is 0.364 e. The van der Waals surface area contributed by atoms with E-state index in [1.165, 1.54) is 6.07 Å². The molecular weight excluding hydrogens is 398 g/mol. The van der Waals surface area contributed by atoms with Crippen molar-refractivity contribution >= 4 is 52.8 Å². The topological polar surface area (TPSA) is 138 Å². The standard InChI is InChI=1S/C19H11N3O8/c23-13-1-2-14(24)20(13)11-7-10(19(29)30-22-17(27)5-6-18(22)28)8-12(9-11)21-15(25)3-4-16(21)26/h1-4,7-9H,5-6H2. The molecule has 1 aromatic rings. The van der Waals surface area contributed by atoms with Gasteiger partial charge >= 0.3 is 5.97 Å². The van der Waals surface area contributed by atoms with Crippen LogP contribution in [-0.2, 0) is 33.6 Å². The smallest absolute Gasteiger partial charge is 0.325 e. The molecule has 0 N–H and O–H groups in total. The summed E-state index contributed by atoms with van der Waals surface area (Å²) in [6.07, 6.45) is 3.85. The zero-order valence-corrected chi connectivity index (χ0v) is 15.1. The zero-order valence-electron chi connectivity index (χ0n) is 15.1. The summed E-state index contributed by atoms with van der Waals surface area (Å²) in [5.74, 6) is -5.34. The molecule has 4 rings (SSSR count). The number of amides is 6. The van der Waals surface area contributed by atoms with E-state index in [-0.39, 0.29) is 29.8 Å². The molecule has 3 heterocycles. The lowest BCUT2D eigenvalue weighted by atomic mass is 10.1. The summed E-state index contributed by atoms with van der Waals surface area (Å²) in [5, 5.41) is 0.329. The predicted molar refractivity (Wildman–Crippen MR) is 96.2 cm³/mol. The van der Waals surface area contributed by atoms with E-state index in [9.17, 15) is 33.6 Å². The third-order valence-corrected chi connectivity index (χ3v) is 4.45. The van der Waals surface area contributed by atoms with Crippen LogP contribution < -0.4 is 9.80 Å². The maximum atomic E-state index is 12.6. The lowest BCUT2D eigenvalue weighted by Crippen LogP contribution is -2.34. The van der Waals surface area contributed by atoms with Gasteiger partial charge < -0.3 is 4.84 Å². The Kier molecular flexibility index (Phi) is 4.34. The van der Waals surface area contributed by atoms with Crippen LogP contribution in [0.25, 0.3) is 0 Å². The number of carbonyl (C=O) groups is 7. The summed E-state index contributed by atoms with van der Waals surface area (Å²) in [6, 6.07) is 3.42. The molecule has 11 heteroatoms. The Labute approximate surface area is 167 Å². The van der Waals surface area contributed by atoms with E-state index in [0.29, 0.717) is 5.06 Å². The molecule has 11 nitrogen and oxygen atoms in total. The fourth-order valence-corrected chi connectivity index (χ4v) is 3.07. The van der Waals surface area contributed by atoms with Gasteiger partial charge in [-0.25, -0.2) is 14.6 Å². The summed E-state index contributed by atoms with van der Waals surface area (Å²) in [5.41, 5.74) is -0.507. The van der Waals surface area contributed by atoms with Crippen molar-refractivity contribution in [2.45, 2.75) is 12.8 Å². The average molecular weight is 409 g/mol. The van der Waals surface area contributed by atoms with Gasteiger partial charge in [-0.15, -0.1) is 5.06 Å². The van der Waals surface area contributed by atoms with Crippen molar-refractivity contribution in [3.8, 4) is 0 Å². The van der Waals surface area contributed by atoms with Gasteiger partial charge in [-0.1, -0.05) is 0 Å². The summed E-state index contributed by atoms with van der Waals surface area (Å²) in [4.78, 5) is 90.4. The molecular formula is C19H11N3O8. The Morgan fingerprint density at radius 1 is 0.667 bits per heavy atom. The van der Waals surface area contributed by atoms with E-state index in [4.69, 9.17) is 4.84 Å². The van der Waals surface area contributed by atoms with Crippen LogP contribution in [0, 0.1) is 0 Å². The van der Waals surface area contributed by atoms with Crippen LogP contribution in [0.15, 0.2) is 42.5 Å². The van der Waals surface area contributed by atoms with E-state index in [2.05, 4.69) is 0 Å². The van der Waals surface area contributed by atoms with Crippen molar-refractivity contribution < 1.29 is 38.4 Å². The van der Waals surface area contributed by atoms with Gasteiger partial charge in [-0.3, -0.25) is 28.8 Å². The van der Waals surface area contributed by atoms with Crippen molar-refractivity contribution in [1.29, 1.82) is 0 Å². The number of hydrogen-bond acceptors (Lipinski definition) is 8. The van der Waals surface area contributed by atoms with Gasteiger partial charge in [0.15, 0.2) is 0 Å². The highest BCUT2D eigenvalue weighted by Crippen LogP contribution is 2.30. The first-order valence-corrected chi connectivity index (χ1v) is 8.61. The van der Waals surface area contributed by atoms with E-state index >= 15 is 0 Å². The van der Waals surface area contributed by atoms with E-state index in [0.717, 1.165) is 46.2 Å². The second-order valence-electron chi connectivity index (χ2n) is 6.39. The van der Waals surface area contributed by atoms with Crippen molar-refractivity contribution in [3.05, 3.63) is 48.1 Å². The SMILES string of the molecule is O=C(ON1C(=O)CCC1=O)c1cc(N2C(=O)C=CC2=O)cc(N2C(=O)C=CC2=O)c1. The Morgan fingerprint density at radius 3 is 1.47 bits per heavy atom. The Balaban J connectivity index is 1.75. The lowest BCUT2D eigenvalue weighted by Gasteiger charge is -2.20. The van der Waals surface area contributed by atoms with Crippen LogP contribution >= 0.6 is 0 Å². The fraction of sp³-hybridized carbons (Fsp3) is 0.105. The quantitative estimate of drug-likeness (QED) is 0.622. The second-order valence-corrected chi connectivity index (χ2v) is 6.39. The zero-order chi connectivity index (χ0) is 21.6.